The fourth-order valence-corrected chi connectivity index (χ4v) is 2.19. The molecule has 2 rings (SSSR count). The molecule has 1 atom stereocenters. The smallest absolute Gasteiger partial charge is 0.416 e. The monoisotopic (exact) mass is 328 g/mol. The van der Waals surface area contributed by atoms with Crippen LogP contribution in [0.25, 0.3) is 0 Å². The number of ether oxygens (including phenoxy) is 1. The molecule has 126 valence electrons. The Bertz CT molecular complexity index is 626. The molecule has 0 aliphatic carbocycles. The number of aryl methyl sites for hydroxylation is 1. The molecule has 0 amide bonds. The van der Waals surface area contributed by atoms with E-state index in [0.29, 0.717) is 0 Å². The SMILES string of the molecule is CCCc1nccn1CC(O)COc1cccc(C(F)(F)F)c1. The van der Waals surface area contributed by atoms with Crippen LogP contribution >= 0.6 is 0 Å². The molecule has 0 fully saturated rings. The molecule has 0 radical (unpaired) electrons. The molecular formula is C16H19F3N2O2. The summed E-state index contributed by atoms with van der Waals surface area (Å²) >= 11 is 0. The number of rotatable bonds is 7. The van der Waals surface area contributed by atoms with Crippen molar-refractivity contribution in [1.82, 2.24) is 9.55 Å². The van der Waals surface area contributed by atoms with Gasteiger partial charge < -0.3 is 14.4 Å². The maximum absolute atomic E-state index is 12.6. The number of nitrogens with zero attached hydrogens (tertiary/aromatic N) is 2. The minimum Gasteiger partial charge on any atom is -0.491 e. The molecule has 1 aromatic heterocycles. The largest absolute Gasteiger partial charge is 0.491 e. The van der Waals surface area contributed by atoms with Gasteiger partial charge in [-0.25, -0.2) is 4.98 Å². The number of aliphatic hydroxyl groups excluding tert-OH is 1. The summed E-state index contributed by atoms with van der Waals surface area (Å²) in [6.07, 6.45) is -0.0928. The first-order valence-corrected chi connectivity index (χ1v) is 7.38. The average Bonchev–Trinajstić information content (AvgIpc) is 2.92. The number of aliphatic hydroxyl groups is 1. The molecule has 0 bridgehead atoms. The molecule has 1 aromatic carbocycles. The maximum atomic E-state index is 12.6. The van der Waals surface area contributed by atoms with Gasteiger partial charge in [-0.15, -0.1) is 0 Å². The second-order valence-corrected chi connectivity index (χ2v) is 5.24. The molecule has 0 aliphatic heterocycles. The molecule has 0 spiro atoms. The normalized spacial score (nSPS) is 13.1. The summed E-state index contributed by atoms with van der Waals surface area (Å²) in [6.45, 7) is 2.23. The van der Waals surface area contributed by atoms with Crippen molar-refractivity contribution in [2.24, 2.45) is 0 Å². The molecule has 23 heavy (non-hydrogen) atoms. The third-order valence-corrected chi connectivity index (χ3v) is 3.29. The molecular weight excluding hydrogens is 309 g/mol. The van der Waals surface area contributed by atoms with Crippen LogP contribution in [0, 0.1) is 0 Å². The van der Waals surface area contributed by atoms with Gasteiger partial charge in [0.1, 0.15) is 24.3 Å². The molecule has 1 N–H and O–H groups in total. The topological polar surface area (TPSA) is 47.3 Å². The van der Waals surface area contributed by atoms with Crippen LogP contribution in [0.5, 0.6) is 5.75 Å². The highest BCUT2D eigenvalue weighted by atomic mass is 19.4. The van der Waals surface area contributed by atoms with Crippen LogP contribution in [0.4, 0.5) is 13.2 Å². The number of hydrogen-bond acceptors (Lipinski definition) is 3. The summed E-state index contributed by atoms with van der Waals surface area (Å²) in [5.41, 5.74) is -0.774. The minimum atomic E-state index is -4.41. The molecule has 0 saturated carbocycles. The maximum Gasteiger partial charge on any atom is 0.416 e. The lowest BCUT2D eigenvalue weighted by molar-refractivity contribution is -0.137. The zero-order valence-electron chi connectivity index (χ0n) is 12.8. The van der Waals surface area contributed by atoms with Crippen molar-refractivity contribution < 1.29 is 23.0 Å². The molecule has 4 nitrogen and oxygen atoms in total. The Morgan fingerprint density at radius 1 is 1.35 bits per heavy atom. The number of alkyl halides is 3. The lowest BCUT2D eigenvalue weighted by Gasteiger charge is -2.15. The first kappa shape index (κ1) is 17.3. The molecule has 0 aliphatic rings. The van der Waals surface area contributed by atoms with Gasteiger partial charge in [0.15, 0.2) is 0 Å². The third kappa shape index (κ3) is 4.99. The summed E-state index contributed by atoms with van der Waals surface area (Å²) in [5.74, 6) is 0.948. The van der Waals surface area contributed by atoms with Gasteiger partial charge in [-0.1, -0.05) is 13.0 Å². The van der Waals surface area contributed by atoms with Crippen LogP contribution in [0.2, 0.25) is 0 Å². The van der Waals surface area contributed by atoms with E-state index in [-0.39, 0.29) is 18.9 Å². The Hall–Kier alpha value is -2.02. The lowest BCUT2D eigenvalue weighted by Crippen LogP contribution is -2.24. The van der Waals surface area contributed by atoms with Crippen LogP contribution in [0.15, 0.2) is 36.7 Å². The van der Waals surface area contributed by atoms with Crippen molar-refractivity contribution >= 4 is 0 Å². The van der Waals surface area contributed by atoms with Gasteiger partial charge >= 0.3 is 6.18 Å². The molecule has 1 unspecified atom stereocenters. The van der Waals surface area contributed by atoms with Crippen molar-refractivity contribution in [1.29, 1.82) is 0 Å². The molecule has 1 heterocycles. The van der Waals surface area contributed by atoms with E-state index in [4.69, 9.17) is 4.74 Å². The van der Waals surface area contributed by atoms with E-state index >= 15 is 0 Å². The fraction of sp³-hybridized carbons (Fsp3) is 0.438. The molecule has 0 saturated heterocycles. The second-order valence-electron chi connectivity index (χ2n) is 5.24. The van der Waals surface area contributed by atoms with Crippen LogP contribution in [-0.4, -0.2) is 27.4 Å². The van der Waals surface area contributed by atoms with Crippen molar-refractivity contribution in [3.63, 3.8) is 0 Å². The van der Waals surface area contributed by atoms with E-state index in [1.165, 1.54) is 12.1 Å². The van der Waals surface area contributed by atoms with E-state index < -0.39 is 17.8 Å². The predicted octanol–water partition coefficient (Wildman–Crippen LogP) is 3.29. The summed E-state index contributed by atoms with van der Waals surface area (Å²) in [4.78, 5) is 4.20. The predicted molar refractivity (Wildman–Crippen MR) is 79.2 cm³/mol. The van der Waals surface area contributed by atoms with Gasteiger partial charge in [-0.2, -0.15) is 13.2 Å². The number of hydrogen-bond donors (Lipinski definition) is 1. The average molecular weight is 328 g/mol. The first-order valence-electron chi connectivity index (χ1n) is 7.38. The summed E-state index contributed by atoms with van der Waals surface area (Å²) in [7, 11) is 0. The Morgan fingerprint density at radius 2 is 2.13 bits per heavy atom. The molecule has 7 heteroatoms. The van der Waals surface area contributed by atoms with Gasteiger partial charge in [0.25, 0.3) is 0 Å². The second kappa shape index (κ2) is 7.50. The van der Waals surface area contributed by atoms with Crippen molar-refractivity contribution in [2.45, 2.75) is 38.6 Å². The van der Waals surface area contributed by atoms with Crippen molar-refractivity contribution in [3.8, 4) is 5.75 Å². The summed E-state index contributed by atoms with van der Waals surface area (Å²) < 4.78 is 45.0. The number of aromatic nitrogens is 2. The molecule has 2 aromatic rings. The van der Waals surface area contributed by atoms with Gasteiger partial charge in [-0.3, -0.25) is 0 Å². The lowest BCUT2D eigenvalue weighted by atomic mass is 10.2. The Labute approximate surface area is 132 Å². The van der Waals surface area contributed by atoms with Gasteiger partial charge in [-0.05, 0) is 24.6 Å². The van der Waals surface area contributed by atoms with Crippen LogP contribution in [0.1, 0.15) is 24.7 Å². The summed E-state index contributed by atoms with van der Waals surface area (Å²) in [6, 6.07) is 4.61. The third-order valence-electron chi connectivity index (χ3n) is 3.29. The highest BCUT2D eigenvalue weighted by Gasteiger charge is 2.30. The Morgan fingerprint density at radius 3 is 2.83 bits per heavy atom. The van der Waals surface area contributed by atoms with Crippen LogP contribution < -0.4 is 4.74 Å². The number of imidazole rings is 1. The zero-order valence-corrected chi connectivity index (χ0v) is 12.8. The Balaban J connectivity index is 1.91. The van der Waals surface area contributed by atoms with E-state index in [9.17, 15) is 18.3 Å². The van der Waals surface area contributed by atoms with Crippen LogP contribution in [-0.2, 0) is 19.1 Å². The highest BCUT2D eigenvalue weighted by Crippen LogP contribution is 2.31. The number of benzene rings is 1. The van der Waals surface area contributed by atoms with Crippen LogP contribution in [0.3, 0.4) is 0 Å². The van der Waals surface area contributed by atoms with Crippen molar-refractivity contribution in [2.75, 3.05) is 6.61 Å². The van der Waals surface area contributed by atoms with Gasteiger partial charge in [0, 0.05) is 18.8 Å². The quantitative estimate of drug-likeness (QED) is 0.848. The zero-order chi connectivity index (χ0) is 16.9. The highest BCUT2D eigenvalue weighted by molar-refractivity contribution is 5.30. The standard InChI is InChI=1S/C16H19F3N2O2/c1-2-4-15-20-7-8-21(15)10-13(22)11-23-14-6-3-5-12(9-14)16(17,18)19/h3,5-9,13,22H,2,4,10-11H2,1H3. The van der Waals surface area contributed by atoms with E-state index in [1.807, 2.05) is 11.5 Å². The van der Waals surface area contributed by atoms with Gasteiger partial charge in [0.05, 0.1) is 12.1 Å². The van der Waals surface area contributed by atoms with Gasteiger partial charge in [0.2, 0.25) is 0 Å². The Kier molecular flexibility index (Phi) is 5.65. The summed E-state index contributed by atoms with van der Waals surface area (Å²) in [5, 5.41) is 10.0. The minimum absolute atomic E-state index is 0.0817. The first-order chi connectivity index (χ1) is 10.9. The van der Waals surface area contributed by atoms with E-state index in [2.05, 4.69) is 4.98 Å². The fourth-order valence-electron chi connectivity index (χ4n) is 2.19. The van der Waals surface area contributed by atoms with E-state index in [1.54, 1.807) is 12.4 Å². The van der Waals surface area contributed by atoms with E-state index in [0.717, 1.165) is 30.8 Å². The number of halogens is 3. The van der Waals surface area contributed by atoms with Crippen molar-refractivity contribution in [3.05, 3.63) is 48.0 Å².